The molecule has 2 rings (SSSR count). The van der Waals surface area contributed by atoms with Gasteiger partial charge in [-0.15, -0.1) is 11.3 Å². The minimum Gasteiger partial charge on any atom is -0.478 e. The number of hydrogen-bond acceptors (Lipinski definition) is 3. The number of thiophene rings is 1. The summed E-state index contributed by atoms with van der Waals surface area (Å²) in [6, 6.07) is 5.60. The van der Waals surface area contributed by atoms with Gasteiger partial charge in [0.1, 0.15) is 5.00 Å². The lowest BCUT2D eigenvalue weighted by atomic mass is 10.3. The fourth-order valence-electron chi connectivity index (χ4n) is 1.44. The Hall–Kier alpha value is -1.76. The number of benzene rings is 1. The number of carboxylic acid groups (broad SMARTS) is 1. The van der Waals surface area contributed by atoms with E-state index in [1.165, 1.54) is 6.07 Å². The van der Waals surface area contributed by atoms with Gasteiger partial charge in [-0.2, -0.15) is 0 Å². The lowest BCUT2D eigenvalue weighted by molar-refractivity contribution is 0.0698. The second-order valence-electron chi connectivity index (χ2n) is 3.64. The Morgan fingerprint density at radius 2 is 1.75 bits per heavy atom. The molecule has 0 spiro atoms. The van der Waals surface area contributed by atoms with E-state index < -0.39 is 12.0 Å². The Bertz CT molecular complexity index is 652. The molecule has 1 aromatic heterocycles. The second kappa shape index (κ2) is 6.13. The van der Waals surface area contributed by atoms with Crippen LogP contribution in [-0.2, 0) is 0 Å². The SMILES string of the molecule is O=C(Nc1sccc1C(=O)O)Nc1c(Cl)cccc1Cl. The van der Waals surface area contributed by atoms with Gasteiger partial charge in [-0.05, 0) is 23.6 Å². The number of nitrogens with one attached hydrogen (secondary N) is 2. The number of carbonyl (C=O) groups is 2. The Morgan fingerprint density at radius 1 is 1.10 bits per heavy atom. The molecule has 0 aliphatic heterocycles. The van der Waals surface area contributed by atoms with Crippen molar-refractivity contribution in [1.82, 2.24) is 0 Å². The molecule has 5 nitrogen and oxygen atoms in total. The molecule has 2 aromatic rings. The summed E-state index contributed by atoms with van der Waals surface area (Å²) in [7, 11) is 0. The predicted molar refractivity (Wildman–Crippen MR) is 80.4 cm³/mol. The highest BCUT2D eigenvalue weighted by Gasteiger charge is 2.15. The van der Waals surface area contributed by atoms with Gasteiger partial charge < -0.3 is 10.4 Å². The van der Waals surface area contributed by atoms with Crippen molar-refractivity contribution < 1.29 is 14.7 Å². The average molecular weight is 331 g/mol. The number of para-hydroxylation sites is 1. The molecule has 0 atom stereocenters. The van der Waals surface area contributed by atoms with Crippen molar-refractivity contribution >= 4 is 57.2 Å². The summed E-state index contributed by atoms with van der Waals surface area (Å²) in [5, 5.41) is 16.2. The van der Waals surface area contributed by atoms with E-state index in [0.29, 0.717) is 0 Å². The summed E-state index contributed by atoms with van der Waals surface area (Å²) >= 11 is 12.9. The molecule has 0 saturated carbocycles. The molecule has 0 aliphatic rings. The van der Waals surface area contributed by atoms with Gasteiger partial charge in [-0.1, -0.05) is 29.3 Å². The third-order valence-electron chi connectivity index (χ3n) is 2.32. The summed E-state index contributed by atoms with van der Waals surface area (Å²) < 4.78 is 0. The second-order valence-corrected chi connectivity index (χ2v) is 5.37. The normalized spacial score (nSPS) is 10.1. The predicted octanol–water partition coefficient (Wildman–Crippen LogP) is 4.40. The van der Waals surface area contributed by atoms with Crippen LogP contribution >= 0.6 is 34.5 Å². The van der Waals surface area contributed by atoms with Gasteiger partial charge in [-0.25, -0.2) is 9.59 Å². The van der Waals surface area contributed by atoms with E-state index in [-0.39, 0.29) is 26.3 Å². The van der Waals surface area contributed by atoms with Crippen LogP contribution in [0.4, 0.5) is 15.5 Å². The minimum atomic E-state index is -1.11. The smallest absolute Gasteiger partial charge is 0.338 e. The Balaban J connectivity index is 2.14. The number of halogens is 2. The maximum Gasteiger partial charge on any atom is 0.338 e. The van der Waals surface area contributed by atoms with E-state index >= 15 is 0 Å². The van der Waals surface area contributed by atoms with E-state index in [9.17, 15) is 9.59 Å². The molecule has 0 fully saturated rings. The zero-order valence-electron chi connectivity index (χ0n) is 9.81. The maximum atomic E-state index is 11.8. The summed E-state index contributed by atoms with van der Waals surface area (Å²) in [4.78, 5) is 22.8. The first-order chi connectivity index (χ1) is 9.49. The van der Waals surface area contributed by atoms with Crippen LogP contribution in [0.1, 0.15) is 10.4 Å². The highest BCUT2D eigenvalue weighted by molar-refractivity contribution is 7.14. The number of carboxylic acids is 1. The van der Waals surface area contributed by atoms with E-state index in [1.807, 2.05) is 0 Å². The monoisotopic (exact) mass is 330 g/mol. The molecular weight excluding hydrogens is 323 g/mol. The fraction of sp³-hybridized carbons (Fsp3) is 0. The molecular formula is C12H8Cl2N2O3S. The van der Waals surface area contributed by atoms with Gasteiger partial charge in [0.05, 0.1) is 21.3 Å². The highest BCUT2D eigenvalue weighted by Crippen LogP contribution is 2.30. The van der Waals surface area contributed by atoms with Gasteiger partial charge >= 0.3 is 12.0 Å². The first kappa shape index (κ1) is 14.6. The van der Waals surface area contributed by atoms with E-state index in [0.717, 1.165) is 11.3 Å². The lowest BCUT2D eigenvalue weighted by Crippen LogP contribution is -2.20. The molecule has 0 unspecified atom stereocenters. The van der Waals surface area contributed by atoms with Crippen LogP contribution in [0.15, 0.2) is 29.6 Å². The van der Waals surface area contributed by atoms with Crippen LogP contribution < -0.4 is 10.6 Å². The van der Waals surface area contributed by atoms with Crippen molar-refractivity contribution in [1.29, 1.82) is 0 Å². The van der Waals surface area contributed by atoms with Crippen LogP contribution in [0.3, 0.4) is 0 Å². The average Bonchev–Trinajstić information content (AvgIpc) is 2.82. The third-order valence-corrected chi connectivity index (χ3v) is 3.78. The van der Waals surface area contributed by atoms with Crippen LogP contribution in [0, 0.1) is 0 Å². The number of rotatable bonds is 3. The van der Waals surface area contributed by atoms with Gasteiger partial charge in [0, 0.05) is 0 Å². The number of carbonyl (C=O) groups excluding carboxylic acids is 1. The van der Waals surface area contributed by atoms with E-state index in [4.69, 9.17) is 28.3 Å². The molecule has 104 valence electrons. The number of urea groups is 1. The molecule has 3 N–H and O–H groups in total. The zero-order chi connectivity index (χ0) is 14.7. The van der Waals surface area contributed by atoms with Crippen LogP contribution in [-0.4, -0.2) is 17.1 Å². The van der Waals surface area contributed by atoms with Gasteiger partial charge in [-0.3, -0.25) is 5.32 Å². The summed E-state index contributed by atoms with van der Waals surface area (Å²) in [6.45, 7) is 0. The minimum absolute atomic E-state index is 0.0235. The molecule has 1 aromatic carbocycles. The van der Waals surface area contributed by atoms with Crippen LogP contribution in [0.25, 0.3) is 0 Å². The standard InChI is InChI=1S/C12H8Cl2N2O3S/c13-7-2-1-3-8(14)9(7)15-12(19)16-10-6(11(17)18)4-5-20-10/h1-5H,(H,17,18)(H2,15,16,19). The number of hydrogen-bond donors (Lipinski definition) is 3. The molecule has 0 bridgehead atoms. The number of amides is 2. The van der Waals surface area contributed by atoms with Crippen molar-refractivity contribution in [3.8, 4) is 0 Å². The van der Waals surface area contributed by atoms with Gasteiger partial charge in [0.25, 0.3) is 0 Å². The molecule has 2 amide bonds. The summed E-state index contributed by atoms with van der Waals surface area (Å²) in [5.41, 5.74) is 0.289. The first-order valence-electron chi connectivity index (χ1n) is 5.32. The Kier molecular flexibility index (Phi) is 4.49. The van der Waals surface area contributed by atoms with Crippen molar-refractivity contribution in [3.05, 3.63) is 45.3 Å². The number of aromatic carboxylic acids is 1. The quantitative estimate of drug-likeness (QED) is 0.780. The Morgan fingerprint density at radius 3 is 2.35 bits per heavy atom. The largest absolute Gasteiger partial charge is 0.478 e. The molecule has 0 radical (unpaired) electrons. The molecule has 20 heavy (non-hydrogen) atoms. The van der Waals surface area contributed by atoms with Crippen LogP contribution in [0.5, 0.6) is 0 Å². The molecule has 1 heterocycles. The van der Waals surface area contributed by atoms with Crippen molar-refractivity contribution in [2.45, 2.75) is 0 Å². The zero-order valence-corrected chi connectivity index (χ0v) is 12.1. The summed E-state index contributed by atoms with van der Waals surface area (Å²) in [6.07, 6.45) is 0. The van der Waals surface area contributed by atoms with Crippen LogP contribution in [0.2, 0.25) is 10.0 Å². The fourth-order valence-corrected chi connectivity index (χ4v) is 2.71. The van der Waals surface area contributed by atoms with Crippen molar-refractivity contribution in [2.75, 3.05) is 10.6 Å². The first-order valence-corrected chi connectivity index (χ1v) is 6.95. The maximum absolute atomic E-state index is 11.8. The third kappa shape index (κ3) is 3.22. The topological polar surface area (TPSA) is 78.4 Å². The molecule has 0 aliphatic carbocycles. The van der Waals surface area contributed by atoms with Crippen molar-refractivity contribution in [2.24, 2.45) is 0 Å². The van der Waals surface area contributed by atoms with E-state index in [1.54, 1.807) is 23.6 Å². The molecule has 0 saturated heterocycles. The number of anilines is 2. The van der Waals surface area contributed by atoms with Crippen molar-refractivity contribution in [3.63, 3.8) is 0 Å². The summed E-state index contributed by atoms with van der Waals surface area (Å²) in [5.74, 6) is -1.11. The molecule has 8 heteroatoms. The van der Waals surface area contributed by atoms with E-state index in [2.05, 4.69) is 10.6 Å². The highest BCUT2D eigenvalue weighted by atomic mass is 35.5. The Labute approximate surface area is 128 Å². The van der Waals surface area contributed by atoms with Gasteiger partial charge in [0.2, 0.25) is 0 Å². The lowest BCUT2D eigenvalue weighted by Gasteiger charge is -2.10. The van der Waals surface area contributed by atoms with Gasteiger partial charge in [0.15, 0.2) is 0 Å².